The molecule has 0 unspecified atom stereocenters. The van der Waals surface area contributed by atoms with E-state index in [9.17, 15) is 4.39 Å². The lowest BCUT2D eigenvalue weighted by Gasteiger charge is -1.98. The van der Waals surface area contributed by atoms with E-state index in [4.69, 9.17) is 16.1 Å². The highest BCUT2D eigenvalue weighted by Crippen LogP contribution is 2.25. The highest BCUT2D eigenvalue weighted by molar-refractivity contribution is 7.98. The van der Waals surface area contributed by atoms with Crippen LogP contribution in [0.15, 0.2) is 57.9 Å². The summed E-state index contributed by atoms with van der Waals surface area (Å²) in [5.74, 6) is 1.23. The zero-order valence-corrected chi connectivity index (χ0v) is 12.4. The van der Waals surface area contributed by atoms with Gasteiger partial charge in [0.1, 0.15) is 5.82 Å². The molecule has 1 heterocycles. The van der Waals surface area contributed by atoms with E-state index in [1.54, 1.807) is 23.9 Å². The smallest absolute Gasteiger partial charge is 0.237 e. The van der Waals surface area contributed by atoms with Gasteiger partial charge in [0.2, 0.25) is 11.7 Å². The lowest BCUT2D eigenvalue weighted by molar-refractivity contribution is 0.391. The van der Waals surface area contributed by atoms with E-state index in [2.05, 4.69) is 10.1 Å². The SMILES string of the molecule is Fc1ccc(-c2noc(CSc3cccc(Cl)c3)n2)cc1. The van der Waals surface area contributed by atoms with Crippen molar-refractivity contribution in [2.45, 2.75) is 10.6 Å². The molecule has 0 atom stereocenters. The van der Waals surface area contributed by atoms with Gasteiger partial charge in [-0.3, -0.25) is 0 Å². The fourth-order valence-electron chi connectivity index (χ4n) is 1.73. The van der Waals surface area contributed by atoms with E-state index in [0.717, 1.165) is 10.5 Å². The van der Waals surface area contributed by atoms with Gasteiger partial charge in [-0.15, -0.1) is 11.8 Å². The van der Waals surface area contributed by atoms with Crippen molar-refractivity contribution in [2.75, 3.05) is 0 Å². The predicted octanol–water partition coefficient (Wildman–Crippen LogP) is 4.82. The Morgan fingerprint density at radius 1 is 1.14 bits per heavy atom. The Bertz CT molecular complexity index is 745. The van der Waals surface area contributed by atoms with Crippen LogP contribution in [0, 0.1) is 5.82 Å². The fraction of sp³-hybridized carbons (Fsp3) is 0.0667. The van der Waals surface area contributed by atoms with E-state index < -0.39 is 0 Å². The van der Waals surface area contributed by atoms with Crippen LogP contribution < -0.4 is 0 Å². The van der Waals surface area contributed by atoms with Crippen molar-refractivity contribution in [3.05, 3.63) is 65.3 Å². The largest absolute Gasteiger partial charge is 0.338 e. The molecule has 0 aliphatic heterocycles. The minimum absolute atomic E-state index is 0.293. The Balaban J connectivity index is 1.69. The molecule has 0 saturated carbocycles. The summed E-state index contributed by atoms with van der Waals surface area (Å²) < 4.78 is 18.1. The highest BCUT2D eigenvalue weighted by Gasteiger charge is 2.09. The van der Waals surface area contributed by atoms with Crippen molar-refractivity contribution in [3.63, 3.8) is 0 Å². The summed E-state index contributed by atoms with van der Waals surface area (Å²) in [6.45, 7) is 0. The number of benzene rings is 2. The molecule has 3 aromatic rings. The van der Waals surface area contributed by atoms with E-state index in [0.29, 0.717) is 22.5 Å². The Hall–Kier alpha value is -1.85. The van der Waals surface area contributed by atoms with Crippen molar-refractivity contribution < 1.29 is 8.91 Å². The van der Waals surface area contributed by atoms with Gasteiger partial charge in [-0.05, 0) is 42.5 Å². The fourth-order valence-corrected chi connectivity index (χ4v) is 2.78. The van der Waals surface area contributed by atoms with Crippen LogP contribution in [-0.2, 0) is 5.75 Å². The molecule has 1 aromatic heterocycles. The quantitative estimate of drug-likeness (QED) is 0.646. The van der Waals surface area contributed by atoms with Crippen LogP contribution in [-0.4, -0.2) is 10.1 Å². The first-order valence-electron chi connectivity index (χ1n) is 6.17. The van der Waals surface area contributed by atoms with Gasteiger partial charge in [0.05, 0.1) is 5.75 Å². The standard InChI is InChI=1S/C15H10ClFN2OS/c16-11-2-1-3-13(8-11)21-9-14-18-15(19-20-14)10-4-6-12(17)7-5-10/h1-8H,9H2. The summed E-state index contributed by atoms with van der Waals surface area (Å²) in [6.07, 6.45) is 0. The van der Waals surface area contributed by atoms with Gasteiger partial charge < -0.3 is 4.52 Å². The lowest BCUT2D eigenvalue weighted by Crippen LogP contribution is -1.83. The Morgan fingerprint density at radius 2 is 1.95 bits per heavy atom. The molecule has 21 heavy (non-hydrogen) atoms. The van der Waals surface area contributed by atoms with Crippen LogP contribution >= 0.6 is 23.4 Å². The van der Waals surface area contributed by atoms with E-state index in [-0.39, 0.29) is 5.82 Å². The molecule has 6 heteroatoms. The summed E-state index contributed by atoms with van der Waals surface area (Å²) in [5.41, 5.74) is 0.721. The Morgan fingerprint density at radius 3 is 2.71 bits per heavy atom. The van der Waals surface area contributed by atoms with Gasteiger partial charge in [-0.2, -0.15) is 4.98 Å². The highest BCUT2D eigenvalue weighted by atomic mass is 35.5. The van der Waals surface area contributed by atoms with Gasteiger partial charge in [0, 0.05) is 15.5 Å². The summed E-state index contributed by atoms with van der Waals surface area (Å²) >= 11 is 7.49. The van der Waals surface area contributed by atoms with Gasteiger partial charge in [0.15, 0.2) is 0 Å². The number of thioether (sulfide) groups is 1. The average Bonchev–Trinajstić information content (AvgIpc) is 2.95. The molecule has 0 fully saturated rings. The first-order valence-corrected chi connectivity index (χ1v) is 7.54. The number of nitrogens with zero attached hydrogens (tertiary/aromatic N) is 2. The van der Waals surface area contributed by atoms with E-state index in [1.807, 2.05) is 24.3 Å². The molecule has 2 aromatic carbocycles. The second-order valence-corrected chi connectivity index (χ2v) is 5.75. The first-order chi connectivity index (χ1) is 10.2. The maximum absolute atomic E-state index is 12.9. The number of halogens is 2. The zero-order valence-electron chi connectivity index (χ0n) is 10.8. The summed E-state index contributed by atoms with van der Waals surface area (Å²) in [5, 5.41) is 4.59. The molecule has 3 rings (SSSR count). The normalized spacial score (nSPS) is 10.8. The molecular weight excluding hydrogens is 311 g/mol. The lowest BCUT2D eigenvalue weighted by atomic mass is 10.2. The number of aromatic nitrogens is 2. The zero-order chi connectivity index (χ0) is 14.7. The number of rotatable bonds is 4. The summed E-state index contributed by atoms with van der Waals surface area (Å²) in [6, 6.07) is 13.5. The molecule has 0 aliphatic rings. The van der Waals surface area contributed by atoms with Gasteiger partial charge in [0.25, 0.3) is 0 Å². The number of hydrogen-bond acceptors (Lipinski definition) is 4. The van der Waals surface area contributed by atoms with Crippen molar-refractivity contribution in [2.24, 2.45) is 0 Å². The summed E-state index contributed by atoms with van der Waals surface area (Å²) in [4.78, 5) is 5.33. The van der Waals surface area contributed by atoms with E-state index >= 15 is 0 Å². The monoisotopic (exact) mass is 320 g/mol. The molecular formula is C15H10ClFN2OS. The molecule has 106 valence electrons. The number of hydrogen-bond donors (Lipinski definition) is 0. The summed E-state index contributed by atoms with van der Waals surface area (Å²) in [7, 11) is 0. The predicted molar refractivity (Wildman–Crippen MR) is 80.7 cm³/mol. The van der Waals surface area contributed by atoms with Gasteiger partial charge in [-0.25, -0.2) is 4.39 Å². The van der Waals surface area contributed by atoms with Crippen LogP contribution in [0.5, 0.6) is 0 Å². The van der Waals surface area contributed by atoms with Gasteiger partial charge in [-0.1, -0.05) is 22.8 Å². The third kappa shape index (κ3) is 3.62. The van der Waals surface area contributed by atoms with Crippen molar-refractivity contribution >= 4 is 23.4 Å². The van der Waals surface area contributed by atoms with Crippen molar-refractivity contribution in [1.29, 1.82) is 0 Å². The molecule has 0 N–H and O–H groups in total. The molecule has 0 saturated heterocycles. The van der Waals surface area contributed by atoms with E-state index in [1.165, 1.54) is 12.1 Å². The maximum Gasteiger partial charge on any atom is 0.237 e. The first kappa shape index (κ1) is 14.1. The Labute approximate surface area is 130 Å². The van der Waals surface area contributed by atoms with Crippen molar-refractivity contribution in [1.82, 2.24) is 10.1 Å². The van der Waals surface area contributed by atoms with Crippen LogP contribution in [0.3, 0.4) is 0 Å². The van der Waals surface area contributed by atoms with Crippen LogP contribution in [0.1, 0.15) is 5.89 Å². The molecule has 0 spiro atoms. The molecule has 0 amide bonds. The third-order valence-corrected chi connectivity index (χ3v) is 3.94. The average molecular weight is 321 g/mol. The second-order valence-electron chi connectivity index (χ2n) is 4.26. The van der Waals surface area contributed by atoms with Crippen LogP contribution in [0.2, 0.25) is 5.02 Å². The maximum atomic E-state index is 12.9. The molecule has 0 bridgehead atoms. The van der Waals surface area contributed by atoms with Gasteiger partial charge >= 0.3 is 0 Å². The third-order valence-electron chi connectivity index (χ3n) is 2.73. The molecule has 0 radical (unpaired) electrons. The van der Waals surface area contributed by atoms with Crippen LogP contribution in [0.25, 0.3) is 11.4 Å². The Kier molecular flexibility index (Phi) is 4.22. The topological polar surface area (TPSA) is 38.9 Å². The molecule has 3 nitrogen and oxygen atoms in total. The molecule has 0 aliphatic carbocycles. The van der Waals surface area contributed by atoms with Crippen LogP contribution in [0.4, 0.5) is 4.39 Å². The minimum atomic E-state index is -0.293. The minimum Gasteiger partial charge on any atom is -0.338 e. The second kappa shape index (κ2) is 6.28. The van der Waals surface area contributed by atoms with Crippen molar-refractivity contribution in [3.8, 4) is 11.4 Å².